The SMILES string of the molecule is COc1cccc(CC(O)c2ccncc2F)c1F. The van der Waals surface area contributed by atoms with Crippen LogP contribution in [0.5, 0.6) is 5.75 Å². The number of aliphatic hydroxyl groups is 1. The van der Waals surface area contributed by atoms with Crippen LogP contribution in [0.2, 0.25) is 0 Å². The second kappa shape index (κ2) is 5.75. The molecule has 0 saturated carbocycles. The van der Waals surface area contributed by atoms with Crippen LogP contribution in [-0.4, -0.2) is 17.2 Å². The molecule has 1 aromatic carbocycles. The molecular formula is C14H13F2NO2. The Bertz CT molecular complexity index is 575. The minimum absolute atomic E-state index is 0.0377. The Morgan fingerprint density at radius 1 is 1.32 bits per heavy atom. The predicted molar refractivity (Wildman–Crippen MR) is 65.8 cm³/mol. The quantitative estimate of drug-likeness (QED) is 0.924. The molecule has 0 spiro atoms. The molecular weight excluding hydrogens is 252 g/mol. The fourth-order valence-corrected chi connectivity index (χ4v) is 1.85. The van der Waals surface area contributed by atoms with Gasteiger partial charge in [-0.25, -0.2) is 8.78 Å². The first-order chi connectivity index (χ1) is 9.13. The first kappa shape index (κ1) is 13.4. The smallest absolute Gasteiger partial charge is 0.168 e. The molecule has 5 heteroatoms. The number of rotatable bonds is 4. The van der Waals surface area contributed by atoms with Crippen molar-refractivity contribution in [3.8, 4) is 5.75 Å². The molecule has 0 saturated heterocycles. The van der Waals surface area contributed by atoms with Crippen LogP contribution < -0.4 is 4.74 Å². The van der Waals surface area contributed by atoms with Gasteiger partial charge >= 0.3 is 0 Å². The normalized spacial score (nSPS) is 12.2. The highest BCUT2D eigenvalue weighted by Gasteiger charge is 2.17. The number of ether oxygens (including phenoxy) is 1. The van der Waals surface area contributed by atoms with E-state index in [9.17, 15) is 13.9 Å². The molecule has 2 aromatic rings. The zero-order valence-electron chi connectivity index (χ0n) is 10.3. The molecule has 1 atom stereocenters. The Morgan fingerprint density at radius 3 is 2.79 bits per heavy atom. The van der Waals surface area contributed by atoms with Crippen LogP contribution in [0.4, 0.5) is 8.78 Å². The van der Waals surface area contributed by atoms with Gasteiger partial charge in [0.25, 0.3) is 0 Å². The van der Waals surface area contributed by atoms with Crippen molar-refractivity contribution in [1.82, 2.24) is 4.98 Å². The second-order valence-electron chi connectivity index (χ2n) is 4.05. The average molecular weight is 265 g/mol. The van der Waals surface area contributed by atoms with Crippen LogP contribution >= 0.6 is 0 Å². The molecule has 0 aliphatic heterocycles. The van der Waals surface area contributed by atoms with Crippen molar-refractivity contribution >= 4 is 0 Å². The summed E-state index contributed by atoms with van der Waals surface area (Å²) in [7, 11) is 1.36. The third-order valence-electron chi connectivity index (χ3n) is 2.84. The summed E-state index contributed by atoms with van der Waals surface area (Å²) < 4.78 is 32.2. The number of halogens is 2. The lowest BCUT2D eigenvalue weighted by atomic mass is 10.0. The molecule has 1 unspecified atom stereocenters. The lowest BCUT2D eigenvalue weighted by Gasteiger charge is -2.13. The Hall–Kier alpha value is -2.01. The number of hydrogen-bond acceptors (Lipinski definition) is 3. The highest BCUT2D eigenvalue weighted by Crippen LogP contribution is 2.25. The Balaban J connectivity index is 2.24. The van der Waals surface area contributed by atoms with E-state index in [1.807, 2.05) is 0 Å². The first-order valence-corrected chi connectivity index (χ1v) is 5.72. The van der Waals surface area contributed by atoms with Crippen LogP contribution in [0.1, 0.15) is 17.2 Å². The third-order valence-corrected chi connectivity index (χ3v) is 2.84. The molecule has 100 valence electrons. The zero-order valence-corrected chi connectivity index (χ0v) is 10.3. The average Bonchev–Trinajstić information content (AvgIpc) is 2.41. The number of methoxy groups -OCH3 is 1. The van der Waals surface area contributed by atoms with Gasteiger partial charge in [-0.15, -0.1) is 0 Å². The van der Waals surface area contributed by atoms with Gasteiger partial charge in [0, 0.05) is 18.2 Å². The summed E-state index contributed by atoms with van der Waals surface area (Å²) in [6.45, 7) is 0. The molecule has 1 heterocycles. The monoisotopic (exact) mass is 265 g/mol. The summed E-state index contributed by atoms with van der Waals surface area (Å²) in [5, 5.41) is 9.97. The highest BCUT2D eigenvalue weighted by atomic mass is 19.1. The summed E-state index contributed by atoms with van der Waals surface area (Å²) in [5.41, 5.74) is 0.361. The lowest BCUT2D eigenvalue weighted by Crippen LogP contribution is -2.06. The van der Waals surface area contributed by atoms with E-state index in [4.69, 9.17) is 4.74 Å². The number of aromatic nitrogens is 1. The van der Waals surface area contributed by atoms with Crippen molar-refractivity contribution in [3.05, 3.63) is 59.4 Å². The third kappa shape index (κ3) is 2.88. The largest absolute Gasteiger partial charge is 0.494 e. The van der Waals surface area contributed by atoms with Crippen LogP contribution in [0.25, 0.3) is 0 Å². The summed E-state index contributed by atoms with van der Waals surface area (Å²) in [5.74, 6) is -1.06. The van der Waals surface area contributed by atoms with Gasteiger partial charge in [0.1, 0.15) is 5.82 Å². The summed E-state index contributed by atoms with van der Waals surface area (Å²) in [6, 6.07) is 6.00. The molecule has 2 rings (SSSR count). The Labute approximate surface area is 109 Å². The van der Waals surface area contributed by atoms with Crippen molar-refractivity contribution in [3.63, 3.8) is 0 Å². The van der Waals surface area contributed by atoms with Crippen LogP contribution in [0, 0.1) is 11.6 Å². The lowest BCUT2D eigenvalue weighted by molar-refractivity contribution is 0.172. The van der Waals surface area contributed by atoms with Gasteiger partial charge in [0.15, 0.2) is 11.6 Å². The van der Waals surface area contributed by atoms with Gasteiger partial charge < -0.3 is 9.84 Å². The van der Waals surface area contributed by atoms with E-state index in [1.54, 1.807) is 6.07 Å². The fourth-order valence-electron chi connectivity index (χ4n) is 1.85. The number of pyridine rings is 1. The topological polar surface area (TPSA) is 42.4 Å². The van der Waals surface area contributed by atoms with Crippen LogP contribution in [0.3, 0.4) is 0 Å². The number of hydrogen-bond donors (Lipinski definition) is 1. The summed E-state index contributed by atoms with van der Waals surface area (Å²) in [6.07, 6.45) is 1.22. The van der Waals surface area contributed by atoms with Crippen molar-refractivity contribution in [2.75, 3.05) is 7.11 Å². The molecule has 1 N–H and O–H groups in total. The van der Waals surface area contributed by atoms with E-state index in [0.717, 1.165) is 6.20 Å². The zero-order chi connectivity index (χ0) is 13.8. The Morgan fingerprint density at radius 2 is 2.11 bits per heavy atom. The van der Waals surface area contributed by atoms with Crippen LogP contribution in [0.15, 0.2) is 36.7 Å². The molecule has 1 aromatic heterocycles. The van der Waals surface area contributed by atoms with Gasteiger partial charge in [-0.05, 0) is 17.7 Å². The van der Waals surface area contributed by atoms with E-state index in [-0.39, 0.29) is 23.3 Å². The molecule has 0 aliphatic carbocycles. The van der Waals surface area contributed by atoms with Gasteiger partial charge in [0.2, 0.25) is 0 Å². The van der Waals surface area contributed by atoms with Gasteiger partial charge in [-0.2, -0.15) is 0 Å². The summed E-state index contributed by atoms with van der Waals surface area (Å²) >= 11 is 0. The number of aliphatic hydroxyl groups excluding tert-OH is 1. The van der Waals surface area contributed by atoms with E-state index in [2.05, 4.69) is 4.98 Å². The van der Waals surface area contributed by atoms with E-state index < -0.39 is 17.7 Å². The molecule has 3 nitrogen and oxygen atoms in total. The molecule has 19 heavy (non-hydrogen) atoms. The molecule has 0 aliphatic rings. The van der Waals surface area contributed by atoms with Crippen molar-refractivity contribution in [2.45, 2.75) is 12.5 Å². The van der Waals surface area contributed by atoms with Gasteiger partial charge in [-0.3, -0.25) is 4.98 Å². The maximum atomic E-state index is 13.9. The molecule has 0 amide bonds. The number of nitrogens with zero attached hydrogens (tertiary/aromatic N) is 1. The summed E-state index contributed by atoms with van der Waals surface area (Å²) in [4.78, 5) is 3.60. The van der Waals surface area contributed by atoms with Crippen molar-refractivity contribution in [1.29, 1.82) is 0 Å². The minimum Gasteiger partial charge on any atom is -0.494 e. The van der Waals surface area contributed by atoms with Crippen molar-refractivity contribution in [2.24, 2.45) is 0 Å². The minimum atomic E-state index is -1.13. The first-order valence-electron chi connectivity index (χ1n) is 5.72. The Kier molecular flexibility index (Phi) is 4.06. The van der Waals surface area contributed by atoms with Gasteiger partial charge in [-0.1, -0.05) is 12.1 Å². The van der Waals surface area contributed by atoms with E-state index in [0.29, 0.717) is 0 Å². The maximum absolute atomic E-state index is 13.9. The van der Waals surface area contributed by atoms with E-state index in [1.165, 1.54) is 31.5 Å². The van der Waals surface area contributed by atoms with Crippen molar-refractivity contribution < 1.29 is 18.6 Å². The predicted octanol–water partition coefficient (Wildman–Crippen LogP) is 2.64. The van der Waals surface area contributed by atoms with Gasteiger partial charge in [0.05, 0.1) is 19.4 Å². The fraction of sp³-hybridized carbons (Fsp3) is 0.214. The second-order valence-corrected chi connectivity index (χ2v) is 4.05. The number of benzene rings is 1. The van der Waals surface area contributed by atoms with Crippen LogP contribution in [-0.2, 0) is 6.42 Å². The molecule has 0 radical (unpaired) electrons. The standard InChI is InChI=1S/C14H13F2NO2/c1-19-13-4-2-3-9(14(13)16)7-12(18)10-5-6-17-8-11(10)15/h2-6,8,12,18H,7H2,1H3. The molecule has 0 fully saturated rings. The highest BCUT2D eigenvalue weighted by molar-refractivity contribution is 5.32. The molecule has 0 bridgehead atoms. The van der Waals surface area contributed by atoms with E-state index >= 15 is 0 Å². The maximum Gasteiger partial charge on any atom is 0.168 e.